The fourth-order valence-electron chi connectivity index (χ4n) is 2.68. The summed E-state index contributed by atoms with van der Waals surface area (Å²) in [5, 5.41) is 0. The lowest BCUT2D eigenvalue weighted by molar-refractivity contribution is 0.440. The second kappa shape index (κ2) is 6.81. The Hall–Kier alpha value is -3.26. The number of aromatic nitrogens is 1. The lowest BCUT2D eigenvalue weighted by Crippen LogP contribution is -2.22. The number of aliphatic imine (C=N–C) groups is 1. The van der Waals surface area contributed by atoms with Crippen LogP contribution in [0.3, 0.4) is 0 Å². The summed E-state index contributed by atoms with van der Waals surface area (Å²) >= 11 is 0. The third-order valence-corrected chi connectivity index (χ3v) is 5.34. The summed E-state index contributed by atoms with van der Waals surface area (Å²) in [5.74, 6) is 0.221. The fourth-order valence-corrected chi connectivity index (χ4v) is 3.93. The molecule has 27 heavy (non-hydrogen) atoms. The third-order valence-electron chi connectivity index (χ3n) is 3.94. The van der Waals surface area contributed by atoms with Crippen LogP contribution in [0.5, 0.6) is 11.5 Å². The van der Waals surface area contributed by atoms with Gasteiger partial charge in [-0.25, -0.2) is 12.8 Å². The molecule has 0 radical (unpaired) electrons. The van der Waals surface area contributed by atoms with E-state index in [4.69, 9.17) is 4.74 Å². The van der Waals surface area contributed by atoms with Gasteiger partial charge in [-0.1, -0.05) is 18.2 Å². The van der Waals surface area contributed by atoms with Gasteiger partial charge in [-0.2, -0.15) is 0 Å². The molecule has 0 spiro atoms. The van der Waals surface area contributed by atoms with Crippen LogP contribution in [0.15, 0.2) is 76.9 Å². The van der Waals surface area contributed by atoms with Gasteiger partial charge in [0.15, 0.2) is 11.6 Å². The molecule has 0 saturated heterocycles. The Balaban J connectivity index is 1.54. The first kappa shape index (κ1) is 17.2. The minimum absolute atomic E-state index is 0.0753. The van der Waals surface area contributed by atoms with Gasteiger partial charge in [-0.05, 0) is 42.0 Å². The van der Waals surface area contributed by atoms with Crippen molar-refractivity contribution in [1.29, 1.82) is 0 Å². The standard InChI is InChI=1S/C19H14FN3O3S/c20-16-10-13(7-8-17(16)26-14-4-3-9-21-12-14)11-22-19-15-5-1-2-6-18(15)27(24,25)23-19/h1-10,12H,11H2,(H,22,23). The van der Waals surface area contributed by atoms with Gasteiger partial charge in [0, 0.05) is 11.8 Å². The molecule has 0 saturated carbocycles. The van der Waals surface area contributed by atoms with Crippen molar-refractivity contribution < 1.29 is 17.5 Å². The van der Waals surface area contributed by atoms with Crippen LogP contribution in [0.2, 0.25) is 0 Å². The predicted molar refractivity (Wildman–Crippen MR) is 97.7 cm³/mol. The van der Waals surface area contributed by atoms with E-state index in [1.54, 1.807) is 42.6 Å². The minimum atomic E-state index is -3.59. The van der Waals surface area contributed by atoms with Gasteiger partial charge >= 0.3 is 0 Å². The summed E-state index contributed by atoms with van der Waals surface area (Å²) in [4.78, 5) is 8.39. The van der Waals surface area contributed by atoms with E-state index in [9.17, 15) is 12.8 Å². The highest BCUT2D eigenvalue weighted by atomic mass is 32.2. The van der Waals surface area contributed by atoms with E-state index in [0.29, 0.717) is 16.9 Å². The number of benzene rings is 2. The summed E-state index contributed by atoms with van der Waals surface area (Å²) in [5.41, 5.74) is 1.09. The lowest BCUT2D eigenvalue weighted by Gasteiger charge is -2.07. The van der Waals surface area contributed by atoms with E-state index < -0.39 is 15.8 Å². The van der Waals surface area contributed by atoms with Gasteiger partial charge in [0.25, 0.3) is 10.0 Å². The maximum Gasteiger partial charge on any atom is 0.263 e. The van der Waals surface area contributed by atoms with Crippen molar-refractivity contribution in [3.63, 3.8) is 0 Å². The van der Waals surface area contributed by atoms with Gasteiger partial charge in [-0.3, -0.25) is 14.7 Å². The smallest absolute Gasteiger partial charge is 0.263 e. The summed E-state index contributed by atoms with van der Waals surface area (Å²) in [6.45, 7) is 0.121. The number of nitrogens with zero attached hydrogens (tertiary/aromatic N) is 2. The molecule has 3 aromatic rings. The number of pyridine rings is 1. The number of fused-ring (bicyclic) bond motifs is 1. The molecule has 0 unspecified atom stereocenters. The molecule has 1 aromatic heterocycles. The first-order valence-electron chi connectivity index (χ1n) is 8.06. The van der Waals surface area contributed by atoms with Crippen LogP contribution in [-0.4, -0.2) is 19.2 Å². The van der Waals surface area contributed by atoms with Crippen molar-refractivity contribution in [2.24, 2.45) is 4.99 Å². The van der Waals surface area contributed by atoms with E-state index in [2.05, 4.69) is 14.7 Å². The minimum Gasteiger partial charge on any atom is -0.453 e. The molecule has 0 aliphatic carbocycles. The lowest BCUT2D eigenvalue weighted by atomic mass is 10.2. The Morgan fingerprint density at radius 2 is 1.96 bits per heavy atom. The van der Waals surface area contributed by atoms with Crippen molar-refractivity contribution >= 4 is 15.9 Å². The fraction of sp³-hybridized carbons (Fsp3) is 0.0526. The average Bonchev–Trinajstić information content (AvgIpc) is 2.94. The van der Waals surface area contributed by atoms with Gasteiger partial charge in [0.2, 0.25) is 0 Å². The van der Waals surface area contributed by atoms with E-state index in [1.807, 2.05) is 0 Å². The summed E-state index contributed by atoms with van der Waals surface area (Å²) in [6, 6.07) is 14.4. The highest BCUT2D eigenvalue weighted by Crippen LogP contribution is 2.26. The molecule has 0 bridgehead atoms. The van der Waals surface area contributed by atoms with Gasteiger partial charge in [-0.15, -0.1) is 0 Å². The SMILES string of the molecule is O=S1(=O)NC(=NCc2ccc(Oc3cccnc3)c(F)c2)c2ccccc21. The maximum absolute atomic E-state index is 14.3. The topological polar surface area (TPSA) is 80.7 Å². The van der Waals surface area contributed by atoms with Gasteiger partial charge < -0.3 is 4.74 Å². The average molecular weight is 383 g/mol. The Morgan fingerprint density at radius 3 is 2.74 bits per heavy atom. The Bertz CT molecular complexity index is 1130. The molecule has 0 fully saturated rings. The number of hydrogen-bond acceptors (Lipinski definition) is 5. The molecule has 1 aliphatic heterocycles. The first-order chi connectivity index (χ1) is 13.0. The number of sulfonamides is 1. The molecule has 1 N–H and O–H groups in total. The third kappa shape index (κ3) is 3.52. The highest BCUT2D eigenvalue weighted by molar-refractivity contribution is 7.90. The summed E-state index contributed by atoms with van der Waals surface area (Å²) in [6.07, 6.45) is 3.09. The van der Waals surface area contributed by atoms with Crippen LogP contribution in [-0.2, 0) is 16.6 Å². The van der Waals surface area contributed by atoms with E-state index in [-0.39, 0.29) is 23.0 Å². The molecule has 2 heterocycles. The second-order valence-electron chi connectivity index (χ2n) is 5.82. The number of amidine groups is 1. The molecule has 4 rings (SSSR count). The normalized spacial score (nSPS) is 16.0. The van der Waals surface area contributed by atoms with Crippen molar-refractivity contribution in [2.75, 3.05) is 0 Å². The number of rotatable bonds is 4. The zero-order valence-corrected chi connectivity index (χ0v) is 14.8. The summed E-state index contributed by atoms with van der Waals surface area (Å²) < 4.78 is 46.3. The molecule has 136 valence electrons. The van der Waals surface area contributed by atoms with Crippen molar-refractivity contribution in [2.45, 2.75) is 11.4 Å². The van der Waals surface area contributed by atoms with Crippen molar-refractivity contribution in [1.82, 2.24) is 9.71 Å². The number of halogens is 1. The van der Waals surface area contributed by atoms with E-state index in [0.717, 1.165) is 0 Å². The molecule has 2 aromatic carbocycles. The Kier molecular flexibility index (Phi) is 4.33. The molecule has 6 nitrogen and oxygen atoms in total. The van der Waals surface area contributed by atoms with Crippen LogP contribution in [0.1, 0.15) is 11.1 Å². The second-order valence-corrected chi connectivity index (χ2v) is 7.47. The maximum atomic E-state index is 14.3. The molecule has 1 aliphatic rings. The van der Waals surface area contributed by atoms with Crippen molar-refractivity contribution in [3.05, 3.63) is 83.9 Å². The predicted octanol–water partition coefficient (Wildman–Crippen LogP) is 3.25. The van der Waals surface area contributed by atoms with Gasteiger partial charge in [0.1, 0.15) is 11.6 Å². The van der Waals surface area contributed by atoms with Crippen LogP contribution in [0, 0.1) is 5.82 Å². The largest absolute Gasteiger partial charge is 0.453 e. The van der Waals surface area contributed by atoms with Crippen LogP contribution >= 0.6 is 0 Å². The van der Waals surface area contributed by atoms with Crippen molar-refractivity contribution in [3.8, 4) is 11.5 Å². The molecule has 0 atom stereocenters. The van der Waals surface area contributed by atoms with E-state index in [1.165, 1.54) is 24.4 Å². The first-order valence-corrected chi connectivity index (χ1v) is 9.54. The molecule has 0 amide bonds. The number of ether oxygens (including phenoxy) is 1. The molecular formula is C19H14FN3O3S. The Morgan fingerprint density at radius 1 is 1.11 bits per heavy atom. The van der Waals surface area contributed by atoms with Crippen LogP contribution in [0.25, 0.3) is 0 Å². The zero-order valence-electron chi connectivity index (χ0n) is 14.0. The van der Waals surface area contributed by atoms with E-state index >= 15 is 0 Å². The number of hydrogen-bond donors (Lipinski definition) is 1. The summed E-state index contributed by atoms with van der Waals surface area (Å²) in [7, 11) is -3.59. The Labute approximate surface area is 155 Å². The molecular weight excluding hydrogens is 369 g/mol. The quantitative estimate of drug-likeness (QED) is 0.750. The molecule has 8 heteroatoms. The highest BCUT2D eigenvalue weighted by Gasteiger charge is 2.29. The van der Waals surface area contributed by atoms with Crippen LogP contribution in [0.4, 0.5) is 4.39 Å². The monoisotopic (exact) mass is 383 g/mol. The van der Waals surface area contributed by atoms with Crippen LogP contribution < -0.4 is 9.46 Å². The number of nitrogens with one attached hydrogen (secondary N) is 1. The zero-order chi connectivity index (χ0) is 18.9. The van der Waals surface area contributed by atoms with Gasteiger partial charge in [0.05, 0.1) is 17.6 Å².